The van der Waals surface area contributed by atoms with E-state index in [9.17, 15) is 29.1 Å². The number of amides is 4. The predicted octanol–water partition coefficient (Wildman–Crippen LogP) is 3.52. The number of hydrogen-bond acceptors (Lipinski definition) is 10. The number of likely N-dealkylation sites (N-methyl/N-ethyl adjacent to an activating group) is 2. The van der Waals surface area contributed by atoms with E-state index in [1.165, 1.54) is 14.0 Å². The zero-order chi connectivity index (χ0) is 45.3. The summed E-state index contributed by atoms with van der Waals surface area (Å²) < 4.78 is 12.1. The molecule has 1 aromatic rings. The molecule has 0 aromatic heterocycles. The minimum atomic E-state index is -1.18. The number of carboxylic acid groups (broad SMARTS) is 1. The molecule has 2 unspecified atom stereocenters. The highest BCUT2D eigenvalue weighted by molar-refractivity contribution is 5.89. The molecule has 1 aliphatic rings. The Hall–Kier alpha value is -3.63. The van der Waals surface area contributed by atoms with Crippen molar-refractivity contribution in [3.05, 3.63) is 35.9 Å². The van der Waals surface area contributed by atoms with Crippen molar-refractivity contribution >= 4 is 29.6 Å². The summed E-state index contributed by atoms with van der Waals surface area (Å²) in [7, 11) is 7.01. The van der Waals surface area contributed by atoms with Crippen molar-refractivity contribution in [3.63, 3.8) is 0 Å². The first-order chi connectivity index (χ1) is 28.3. The van der Waals surface area contributed by atoms with Crippen LogP contribution in [-0.4, -0.2) is 151 Å². The van der Waals surface area contributed by atoms with E-state index >= 15 is 0 Å². The van der Waals surface area contributed by atoms with Crippen molar-refractivity contribution in [2.45, 2.75) is 149 Å². The van der Waals surface area contributed by atoms with E-state index in [0.29, 0.717) is 32.5 Å². The molecule has 1 saturated heterocycles. The number of rotatable bonds is 27. The van der Waals surface area contributed by atoms with Crippen LogP contribution in [0.3, 0.4) is 0 Å². The predicted molar refractivity (Wildman–Crippen MR) is 233 cm³/mol. The monoisotopic (exact) mass is 847 g/mol. The molecule has 10 atom stereocenters. The average Bonchev–Trinajstić information content (AvgIpc) is 3.68. The van der Waals surface area contributed by atoms with Gasteiger partial charge in [-0.3, -0.25) is 33.8 Å². The maximum absolute atomic E-state index is 14.3. The van der Waals surface area contributed by atoms with Crippen LogP contribution in [0, 0.1) is 23.7 Å². The molecular weight excluding hydrogens is 769 g/mol. The van der Waals surface area contributed by atoms with Crippen molar-refractivity contribution in [2.75, 3.05) is 47.9 Å². The highest BCUT2D eigenvalue weighted by Gasteiger charge is 2.42. The number of methoxy groups -OCH3 is 2. The Kier molecular flexibility index (Phi) is 22.7. The summed E-state index contributed by atoms with van der Waals surface area (Å²) in [5.74, 6) is -2.56. The smallest absolute Gasteiger partial charge is 0.303 e. The summed E-state index contributed by atoms with van der Waals surface area (Å²) in [5, 5.41) is 28.4. The number of aliphatic hydroxyl groups excluding tert-OH is 1. The highest BCUT2D eigenvalue weighted by Crippen LogP contribution is 2.29. The average molecular weight is 847 g/mol. The molecule has 1 heterocycles. The lowest BCUT2D eigenvalue weighted by Gasteiger charge is -2.41. The van der Waals surface area contributed by atoms with Crippen LogP contribution >= 0.6 is 0 Å². The fourth-order valence-corrected chi connectivity index (χ4v) is 8.59. The minimum Gasteiger partial charge on any atom is -0.481 e. The van der Waals surface area contributed by atoms with Crippen molar-refractivity contribution in [3.8, 4) is 0 Å². The Bertz CT molecular complexity index is 1480. The van der Waals surface area contributed by atoms with Gasteiger partial charge in [0.15, 0.2) is 0 Å². The van der Waals surface area contributed by atoms with Gasteiger partial charge in [-0.1, -0.05) is 85.2 Å². The molecule has 15 nitrogen and oxygen atoms in total. The van der Waals surface area contributed by atoms with Gasteiger partial charge in [0.25, 0.3) is 0 Å². The maximum Gasteiger partial charge on any atom is 0.303 e. The molecule has 0 saturated carbocycles. The van der Waals surface area contributed by atoms with E-state index in [0.717, 1.165) is 18.4 Å². The Balaban J connectivity index is 2.20. The quantitative estimate of drug-likeness (QED) is 0.0872. The van der Waals surface area contributed by atoms with Crippen molar-refractivity contribution in [1.29, 1.82) is 0 Å². The minimum absolute atomic E-state index is 0.00410. The van der Waals surface area contributed by atoms with Gasteiger partial charge in [0, 0.05) is 52.4 Å². The van der Waals surface area contributed by atoms with Gasteiger partial charge < -0.3 is 40.5 Å². The lowest BCUT2D eigenvalue weighted by atomic mass is 9.89. The Morgan fingerprint density at radius 3 is 2.07 bits per heavy atom. The van der Waals surface area contributed by atoms with Gasteiger partial charge in [-0.25, -0.2) is 0 Å². The number of benzene rings is 1. The van der Waals surface area contributed by atoms with Gasteiger partial charge in [-0.2, -0.15) is 0 Å². The molecular formula is C45H78N6O9. The zero-order valence-corrected chi connectivity index (χ0v) is 38.5. The van der Waals surface area contributed by atoms with Crippen LogP contribution in [-0.2, 0) is 40.0 Å². The van der Waals surface area contributed by atoms with Crippen LogP contribution in [0.2, 0.25) is 0 Å². The maximum atomic E-state index is 14.3. The fourth-order valence-electron chi connectivity index (χ4n) is 8.59. The van der Waals surface area contributed by atoms with E-state index in [1.807, 2.05) is 63.2 Å². The number of nitrogens with one attached hydrogen (secondary N) is 3. The normalized spacial score (nSPS) is 19.0. The Labute approximate surface area is 359 Å². The second kappa shape index (κ2) is 26.0. The molecule has 0 spiro atoms. The van der Waals surface area contributed by atoms with Crippen LogP contribution in [0.5, 0.6) is 0 Å². The first kappa shape index (κ1) is 52.5. The lowest BCUT2D eigenvalue weighted by Crippen LogP contribution is -2.57. The van der Waals surface area contributed by atoms with Gasteiger partial charge in [0.2, 0.25) is 23.6 Å². The number of aliphatic hydroxyl groups is 1. The molecule has 4 amide bonds. The molecule has 5 N–H and O–H groups in total. The van der Waals surface area contributed by atoms with Crippen LogP contribution in [0.15, 0.2) is 30.3 Å². The third-order valence-electron chi connectivity index (χ3n) is 12.2. The van der Waals surface area contributed by atoms with Gasteiger partial charge >= 0.3 is 5.97 Å². The van der Waals surface area contributed by atoms with Crippen LogP contribution in [0.1, 0.15) is 99.5 Å². The molecule has 1 fully saturated rings. The fraction of sp³-hybridized carbons (Fsp3) is 0.756. The Morgan fingerprint density at radius 2 is 1.53 bits per heavy atom. The van der Waals surface area contributed by atoms with Crippen LogP contribution < -0.4 is 16.0 Å². The summed E-state index contributed by atoms with van der Waals surface area (Å²) in [5.41, 5.74) is 0.883. The highest BCUT2D eigenvalue weighted by atomic mass is 16.5. The topological polar surface area (TPSA) is 190 Å². The van der Waals surface area contributed by atoms with Gasteiger partial charge in [-0.15, -0.1) is 0 Å². The van der Waals surface area contributed by atoms with Gasteiger partial charge in [0.1, 0.15) is 6.04 Å². The number of nitrogens with zero attached hydrogens (tertiary/aromatic N) is 3. The molecule has 1 aliphatic heterocycles. The number of carbonyl (C=O) groups is 5. The van der Waals surface area contributed by atoms with E-state index in [1.54, 1.807) is 18.9 Å². The number of ether oxygens (including phenoxy) is 2. The second-order valence-corrected chi connectivity index (χ2v) is 17.5. The Morgan fingerprint density at radius 1 is 0.883 bits per heavy atom. The first-order valence-corrected chi connectivity index (χ1v) is 21.9. The summed E-state index contributed by atoms with van der Waals surface area (Å²) in [6.07, 6.45) is 0.488. The summed E-state index contributed by atoms with van der Waals surface area (Å²) in [6, 6.07) is 6.97. The lowest BCUT2D eigenvalue weighted by molar-refractivity contribution is -0.144. The summed E-state index contributed by atoms with van der Waals surface area (Å²) in [6.45, 7) is 17.3. The number of likely N-dealkylation sites (tertiary alicyclic amines) is 1. The molecule has 0 radical (unpaired) electrons. The largest absolute Gasteiger partial charge is 0.481 e. The molecule has 2 rings (SSSR count). The van der Waals surface area contributed by atoms with Crippen molar-refractivity contribution in [1.82, 2.24) is 30.7 Å². The standard InChI is InChI=1S/C45H78N6O9/c1-13-30(6)41(50(10)27-34(28(2)3)47-45(58)40(29(4)5)49(9)23-18-22-38(54)55)36(59-11)25-37(53)51-24-17-21-35(51)42(60-12)31(7)43(56)48-39(32(8)52)44(57)46-26-33-19-15-14-16-20-33/h14-16,19-20,28-32,34-36,39-42,52H,13,17-18,21-27H2,1-12H3,(H,46,57)(H,47,58)(H,48,56)(H,54,55)/t30-,31+,32?,34+,35-,36+,39-,40-,41?,42+/m0/s1. The van der Waals surface area contributed by atoms with E-state index < -0.39 is 60.1 Å². The molecule has 1 aromatic carbocycles. The zero-order valence-electron chi connectivity index (χ0n) is 38.5. The third-order valence-corrected chi connectivity index (χ3v) is 12.2. The molecule has 0 aliphatic carbocycles. The summed E-state index contributed by atoms with van der Waals surface area (Å²) >= 11 is 0. The second-order valence-electron chi connectivity index (χ2n) is 17.5. The number of aliphatic carboxylic acids is 1. The third kappa shape index (κ3) is 15.7. The molecule has 15 heteroatoms. The number of carbonyl (C=O) groups excluding carboxylic acids is 4. The van der Waals surface area contributed by atoms with Crippen molar-refractivity contribution < 1.29 is 43.7 Å². The number of carboxylic acids is 1. The number of hydrogen-bond donors (Lipinski definition) is 5. The van der Waals surface area contributed by atoms with Crippen LogP contribution in [0.4, 0.5) is 0 Å². The van der Waals surface area contributed by atoms with E-state index in [2.05, 4.69) is 48.5 Å². The van der Waals surface area contributed by atoms with Crippen molar-refractivity contribution in [2.24, 2.45) is 23.7 Å². The molecule has 342 valence electrons. The first-order valence-electron chi connectivity index (χ1n) is 21.9. The summed E-state index contributed by atoms with van der Waals surface area (Å²) in [4.78, 5) is 71.9. The van der Waals surface area contributed by atoms with E-state index in [-0.39, 0.29) is 61.0 Å². The molecule has 60 heavy (non-hydrogen) atoms. The van der Waals surface area contributed by atoms with Gasteiger partial charge in [-0.05, 0) is 70.1 Å². The van der Waals surface area contributed by atoms with Crippen LogP contribution in [0.25, 0.3) is 0 Å². The SMILES string of the molecule is CC[C@H](C)C([C@@H](CC(=O)N1CCC[C@H]1[C@H](OC)[C@@H](C)C(=O)N[C@H](C(=O)NCc1ccccc1)C(C)O)OC)N(C)C[C@@H](NC(=O)[C@H](C(C)C)N(C)CCCC(=O)O)C(C)C. The van der Waals surface area contributed by atoms with E-state index in [4.69, 9.17) is 14.6 Å². The van der Waals surface area contributed by atoms with Gasteiger partial charge in [0.05, 0.1) is 42.7 Å². The molecule has 0 bridgehead atoms.